The number of nitrogens with zero attached hydrogens (tertiary/aromatic N) is 3. The number of fused-ring (bicyclic) bond motifs is 1. The van der Waals surface area contributed by atoms with Crippen molar-refractivity contribution in [3.8, 4) is 0 Å². The summed E-state index contributed by atoms with van der Waals surface area (Å²) in [5.74, 6) is 2.52. The first-order valence-corrected chi connectivity index (χ1v) is 9.78. The standard InChI is InChI=1S/C18H31N5O2/c1-14-7-4-5-8-15(14)25-12-10-19-18(24)20-13-17-22-21-16-9-3-2-6-11-23(16)17/h14-15H,2-13H2,1H3,(H2,19,20,24)/t14-,15+/m1/s1. The van der Waals surface area contributed by atoms with Gasteiger partial charge in [0, 0.05) is 19.5 Å². The zero-order chi connectivity index (χ0) is 17.5. The molecule has 2 atom stereocenters. The van der Waals surface area contributed by atoms with Crippen LogP contribution in [0.15, 0.2) is 0 Å². The van der Waals surface area contributed by atoms with Crippen molar-refractivity contribution in [2.75, 3.05) is 13.2 Å². The number of hydrogen-bond donors (Lipinski definition) is 2. The lowest BCUT2D eigenvalue weighted by Gasteiger charge is -2.28. The largest absolute Gasteiger partial charge is 0.376 e. The van der Waals surface area contributed by atoms with Gasteiger partial charge in [-0.2, -0.15) is 0 Å². The number of rotatable bonds is 6. The topological polar surface area (TPSA) is 81.1 Å². The monoisotopic (exact) mass is 349 g/mol. The van der Waals surface area contributed by atoms with Crippen LogP contribution in [0.25, 0.3) is 0 Å². The second-order valence-corrected chi connectivity index (χ2v) is 7.28. The van der Waals surface area contributed by atoms with Crippen LogP contribution in [0.4, 0.5) is 4.79 Å². The van der Waals surface area contributed by atoms with Crippen molar-refractivity contribution in [3.63, 3.8) is 0 Å². The Morgan fingerprint density at radius 3 is 2.92 bits per heavy atom. The molecule has 2 N–H and O–H groups in total. The van der Waals surface area contributed by atoms with Crippen molar-refractivity contribution in [2.45, 2.75) is 77.5 Å². The van der Waals surface area contributed by atoms with E-state index in [1.54, 1.807) is 0 Å². The van der Waals surface area contributed by atoms with Crippen molar-refractivity contribution in [3.05, 3.63) is 11.6 Å². The van der Waals surface area contributed by atoms with E-state index >= 15 is 0 Å². The summed E-state index contributed by atoms with van der Waals surface area (Å²) in [5, 5.41) is 14.2. The molecule has 2 amide bonds. The minimum Gasteiger partial charge on any atom is -0.376 e. The maximum Gasteiger partial charge on any atom is 0.315 e. The number of nitrogens with one attached hydrogen (secondary N) is 2. The Morgan fingerprint density at radius 2 is 2.04 bits per heavy atom. The number of aromatic nitrogens is 3. The molecular weight excluding hydrogens is 318 g/mol. The third-order valence-corrected chi connectivity index (χ3v) is 5.35. The van der Waals surface area contributed by atoms with Gasteiger partial charge >= 0.3 is 6.03 Å². The fourth-order valence-electron chi connectivity index (χ4n) is 3.80. The third kappa shape index (κ3) is 5.17. The van der Waals surface area contributed by atoms with E-state index in [0.29, 0.717) is 31.7 Å². The second kappa shape index (κ2) is 9.17. The maximum atomic E-state index is 12.0. The summed E-state index contributed by atoms with van der Waals surface area (Å²) in [6.45, 7) is 4.73. The Balaban J connectivity index is 1.34. The molecule has 0 saturated heterocycles. The first kappa shape index (κ1) is 18.2. The van der Waals surface area contributed by atoms with Crippen LogP contribution in [0, 0.1) is 5.92 Å². The highest BCUT2D eigenvalue weighted by Gasteiger charge is 2.21. The number of hydrogen-bond acceptors (Lipinski definition) is 4. The average molecular weight is 349 g/mol. The summed E-state index contributed by atoms with van der Waals surface area (Å²) in [6.07, 6.45) is 9.86. The van der Waals surface area contributed by atoms with Crippen molar-refractivity contribution >= 4 is 6.03 Å². The summed E-state index contributed by atoms with van der Waals surface area (Å²) in [5.41, 5.74) is 0. The van der Waals surface area contributed by atoms with Gasteiger partial charge in [0.15, 0.2) is 5.82 Å². The molecule has 2 aliphatic rings. The molecule has 1 aromatic rings. The minimum atomic E-state index is -0.175. The number of amides is 2. The Morgan fingerprint density at radius 1 is 1.16 bits per heavy atom. The normalized spacial score (nSPS) is 23.6. The van der Waals surface area contributed by atoms with Gasteiger partial charge in [0.05, 0.1) is 19.3 Å². The number of carbonyl (C=O) groups is 1. The van der Waals surface area contributed by atoms with Crippen molar-refractivity contribution in [1.82, 2.24) is 25.4 Å². The smallest absolute Gasteiger partial charge is 0.315 e. The van der Waals surface area contributed by atoms with Crippen molar-refractivity contribution < 1.29 is 9.53 Å². The molecule has 140 valence electrons. The lowest BCUT2D eigenvalue weighted by Crippen LogP contribution is -2.38. The highest BCUT2D eigenvalue weighted by atomic mass is 16.5. The molecule has 2 heterocycles. The first-order chi connectivity index (χ1) is 12.2. The van der Waals surface area contributed by atoms with Crippen LogP contribution in [0.5, 0.6) is 0 Å². The number of ether oxygens (including phenoxy) is 1. The fraction of sp³-hybridized carbons (Fsp3) is 0.833. The predicted octanol–water partition coefficient (Wildman–Crippen LogP) is 2.40. The number of aryl methyl sites for hydroxylation is 1. The van der Waals surface area contributed by atoms with Crippen molar-refractivity contribution in [2.24, 2.45) is 5.92 Å². The Bertz CT molecular complexity index is 560. The highest BCUT2D eigenvalue weighted by molar-refractivity contribution is 5.73. The molecule has 1 aliphatic heterocycles. The summed E-state index contributed by atoms with van der Waals surface area (Å²) in [4.78, 5) is 12.0. The van der Waals surface area contributed by atoms with Gasteiger partial charge in [-0.25, -0.2) is 4.79 Å². The van der Waals surface area contributed by atoms with E-state index in [-0.39, 0.29) is 6.03 Å². The van der Waals surface area contributed by atoms with E-state index in [0.717, 1.165) is 37.5 Å². The second-order valence-electron chi connectivity index (χ2n) is 7.28. The van der Waals surface area contributed by atoms with Crippen LogP contribution in [0.2, 0.25) is 0 Å². The Labute approximate surface area is 149 Å². The van der Waals surface area contributed by atoms with Crippen LogP contribution in [-0.2, 0) is 24.2 Å². The van der Waals surface area contributed by atoms with Crippen molar-refractivity contribution in [1.29, 1.82) is 0 Å². The average Bonchev–Trinajstić information content (AvgIpc) is 2.85. The van der Waals surface area contributed by atoms with E-state index in [4.69, 9.17) is 4.74 Å². The van der Waals surface area contributed by atoms with Crippen LogP contribution in [0.3, 0.4) is 0 Å². The highest BCUT2D eigenvalue weighted by Crippen LogP contribution is 2.25. The molecular formula is C18H31N5O2. The lowest BCUT2D eigenvalue weighted by atomic mass is 9.88. The van der Waals surface area contributed by atoms with Crippen LogP contribution >= 0.6 is 0 Å². The quantitative estimate of drug-likeness (QED) is 0.773. The zero-order valence-electron chi connectivity index (χ0n) is 15.3. The SMILES string of the molecule is C[C@@H]1CCCC[C@@H]1OCCNC(=O)NCc1nnc2n1CCCCC2. The van der Waals surface area contributed by atoms with Gasteiger partial charge < -0.3 is 19.9 Å². The van der Waals surface area contributed by atoms with Gasteiger partial charge in [-0.1, -0.05) is 26.2 Å². The third-order valence-electron chi connectivity index (χ3n) is 5.35. The molecule has 7 nitrogen and oxygen atoms in total. The predicted molar refractivity (Wildman–Crippen MR) is 95.2 cm³/mol. The Hall–Kier alpha value is -1.63. The zero-order valence-corrected chi connectivity index (χ0v) is 15.3. The van der Waals surface area contributed by atoms with Crippen LogP contribution < -0.4 is 10.6 Å². The molecule has 1 aromatic heterocycles. The summed E-state index contributed by atoms with van der Waals surface area (Å²) < 4.78 is 8.07. The lowest BCUT2D eigenvalue weighted by molar-refractivity contribution is -0.00243. The number of carbonyl (C=O) groups excluding carboxylic acids is 1. The molecule has 7 heteroatoms. The first-order valence-electron chi connectivity index (χ1n) is 9.78. The summed E-state index contributed by atoms with van der Waals surface area (Å²) >= 11 is 0. The van der Waals surface area contributed by atoms with Gasteiger partial charge in [0.1, 0.15) is 5.82 Å². The molecule has 25 heavy (non-hydrogen) atoms. The van der Waals surface area contributed by atoms with Crippen LogP contribution in [0.1, 0.15) is 63.5 Å². The van der Waals surface area contributed by atoms with E-state index in [1.165, 1.54) is 32.1 Å². The molecule has 1 aliphatic carbocycles. The molecule has 0 radical (unpaired) electrons. The molecule has 3 rings (SSSR count). The minimum absolute atomic E-state index is 0.175. The van der Waals surface area contributed by atoms with Gasteiger partial charge in [-0.15, -0.1) is 10.2 Å². The molecule has 1 saturated carbocycles. The number of urea groups is 1. The van der Waals surface area contributed by atoms with Crippen LogP contribution in [-0.4, -0.2) is 40.1 Å². The fourth-order valence-corrected chi connectivity index (χ4v) is 3.80. The molecule has 0 aromatic carbocycles. The van der Waals surface area contributed by atoms with Gasteiger partial charge in [-0.05, 0) is 31.6 Å². The van der Waals surface area contributed by atoms with E-state index in [2.05, 4.69) is 32.3 Å². The molecule has 0 unspecified atom stereocenters. The molecule has 0 spiro atoms. The molecule has 1 fully saturated rings. The van der Waals surface area contributed by atoms with E-state index in [1.807, 2.05) is 0 Å². The van der Waals surface area contributed by atoms with Gasteiger partial charge in [0.25, 0.3) is 0 Å². The maximum absolute atomic E-state index is 12.0. The van der Waals surface area contributed by atoms with Gasteiger partial charge in [0.2, 0.25) is 0 Å². The van der Waals surface area contributed by atoms with E-state index < -0.39 is 0 Å². The van der Waals surface area contributed by atoms with Gasteiger partial charge in [-0.3, -0.25) is 0 Å². The summed E-state index contributed by atoms with van der Waals surface area (Å²) in [7, 11) is 0. The van der Waals surface area contributed by atoms with E-state index in [9.17, 15) is 4.79 Å². The molecule has 0 bridgehead atoms. The summed E-state index contributed by atoms with van der Waals surface area (Å²) in [6, 6.07) is -0.175. The Kier molecular flexibility index (Phi) is 6.67.